The Kier molecular flexibility index (Phi) is 4.74. The fourth-order valence-corrected chi connectivity index (χ4v) is 3.07. The molecule has 20 heavy (non-hydrogen) atoms. The number of anilines is 1. The van der Waals surface area contributed by atoms with Crippen LogP contribution in [0.5, 0.6) is 0 Å². The summed E-state index contributed by atoms with van der Waals surface area (Å²) < 4.78 is 0. The molecule has 1 aromatic carbocycles. The standard InChI is InChI=1S/C18H30N2/c1-6-16-8-7-11-20(16)17-10-9-14(2)12-15(17)13-19-18(3,4)5/h9-10,12,16,19H,6-8,11,13H2,1-5H3. The molecule has 1 aliphatic heterocycles. The van der Waals surface area contributed by atoms with Crippen molar-refractivity contribution in [3.05, 3.63) is 29.3 Å². The van der Waals surface area contributed by atoms with Gasteiger partial charge in [0.25, 0.3) is 0 Å². The van der Waals surface area contributed by atoms with E-state index >= 15 is 0 Å². The van der Waals surface area contributed by atoms with Gasteiger partial charge in [0.05, 0.1) is 0 Å². The van der Waals surface area contributed by atoms with Crippen LogP contribution in [-0.2, 0) is 6.54 Å². The average molecular weight is 274 g/mol. The van der Waals surface area contributed by atoms with E-state index in [4.69, 9.17) is 0 Å². The van der Waals surface area contributed by atoms with Crippen molar-refractivity contribution in [1.29, 1.82) is 0 Å². The van der Waals surface area contributed by atoms with Crippen molar-refractivity contribution < 1.29 is 0 Å². The van der Waals surface area contributed by atoms with E-state index in [0.29, 0.717) is 0 Å². The zero-order chi connectivity index (χ0) is 14.8. The van der Waals surface area contributed by atoms with E-state index in [9.17, 15) is 0 Å². The Balaban J connectivity index is 2.23. The van der Waals surface area contributed by atoms with Gasteiger partial charge in [-0.2, -0.15) is 0 Å². The number of hydrogen-bond acceptors (Lipinski definition) is 2. The van der Waals surface area contributed by atoms with Gasteiger partial charge in [0.15, 0.2) is 0 Å². The van der Waals surface area contributed by atoms with Crippen LogP contribution in [-0.4, -0.2) is 18.1 Å². The highest BCUT2D eigenvalue weighted by molar-refractivity contribution is 5.56. The van der Waals surface area contributed by atoms with Crippen molar-refractivity contribution >= 4 is 5.69 Å². The first-order valence-electron chi connectivity index (χ1n) is 8.02. The molecule has 1 atom stereocenters. The number of aryl methyl sites for hydroxylation is 1. The Labute approximate surface area is 124 Å². The summed E-state index contributed by atoms with van der Waals surface area (Å²) in [5.41, 5.74) is 4.40. The summed E-state index contributed by atoms with van der Waals surface area (Å²) in [7, 11) is 0. The minimum atomic E-state index is 0.163. The lowest BCUT2D eigenvalue weighted by atomic mass is 10.0. The number of nitrogens with zero attached hydrogens (tertiary/aromatic N) is 1. The quantitative estimate of drug-likeness (QED) is 0.882. The van der Waals surface area contributed by atoms with Crippen molar-refractivity contribution in [2.75, 3.05) is 11.4 Å². The molecule has 1 unspecified atom stereocenters. The summed E-state index contributed by atoms with van der Waals surface area (Å²) in [6, 6.07) is 7.65. The molecule has 0 aromatic heterocycles. The molecule has 1 fully saturated rings. The molecule has 1 aliphatic rings. The molecular weight excluding hydrogens is 244 g/mol. The van der Waals surface area contributed by atoms with Crippen LogP contribution in [0.2, 0.25) is 0 Å². The van der Waals surface area contributed by atoms with E-state index in [0.717, 1.165) is 12.6 Å². The second-order valence-electron chi connectivity index (χ2n) is 7.13. The molecule has 0 amide bonds. The van der Waals surface area contributed by atoms with E-state index in [2.05, 4.69) is 63.0 Å². The molecule has 1 N–H and O–H groups in total. The van der Waals surface area contributed by atoms with Gasteiger partial charge in [0.1, 0.15) is 0 Å². The molecule has 1 heterocycles. The van der Waals surface area contributed by atoms with Gasteiger partial charge >= 0.3 is 0 Å². The molecule has 0 bridgehead atoms. The van der Waals surface area contributed by atoms with E-state index in [-0.39, 0.29) is 5.54 Å². The highest BCUT2D eigenvalue weighted by atomic mass is 15.2. The summed E-state index contributed by atoms with van der Waals surface area (Å²) in [5.74, 6) is 0. The van der Waals surface area contributed by atoms with Crippen molar-refractivity contribution in [2.45, 2.75) is 72.0 Å². The normalized spacial score (nSPS) is 19.6. The second kappa shape index (κ2) is 6.17. The molecule has 2 nitrogen and oxygen atoms in total. The molecule has 1 saturated heterocycles. The molecule has 0 aliphatic carbocycles. The first kappa shape index (κ1) is 15.4. The van der Waals surface area contributed by atoms with Crippen LogP contribution in [0.25, 0.3) is 0 Å². The van der Waals surface area contributed by atoms with Gasteiger partial charge in [0, 0.05) is 30.4 Å². The van der Waals surface area contributed by atoms with E-state index < -0.39 is 0 Å². The van der Waals surface area contributed by atoms with Crippen molar-refractivity contribution in [2.24, 2.45) is 0 Å². The molecule has 1 aromatic rings. The molecule has 0 spiro atoms. The zero-order valence-electron chi connectivity index (χ0n) is 13.8. The Bertz CT molecular complexity index is 445. The van der Waals surface area contributed by atoms with Crippen LogP contribution >= 0.6 is 0 Å². The predicted octanol–water partition coefficient (Wildman–Crippen LogP) is 4.26. The monoisotopic (exact) mass is 274 g/mol. The molecule has 0 saturated carbocycles. The minimum absolute atomic E-state index is 0.163. The fraction of sp³-hybridized carbons (Fsp3) is 0.667. The van der Waals surface area contributed by atoms with Crippen LogP contribution in [0, 0.1) is 6.92 Å². The van der Waals surface area contributed by atoms with Crippen LogP contribution in [0.15, 0.2) is 18.2 Å². The van der Waals surface area contributed by atoms with Crippen LogP contribution < -0.4 is 10.2 Å². The molecule has 2 rings (SSSR count). The predicted molar refractivity (Wildman–Crippen MR) is 88.4 cm³/mol. The Morgan fingerprint density at radius 3 is 2.70 bits per heavy atom. The maximum Gasteiger partial charge on any atom is 0.0414 e. The lowest BCUT2D eigenvalue weighted by molar-refractivity contribution is 0.424. The van der Waals surface area contributed by atoms with Crippen LogP contribution in [0.3, 0.4) is 0 Å². The Morgan fingerprint density at radius 1 is 1.30 bits per heavy atom. The molecule has 112 valence electrons. The number of rotatable bonds is 4. The van der Waals surface area contributed by atoms with Crippen LogP contribution in [0.1, 0.15) is 58.1 Å². The van der Waals surface area contributed by atoms with Gasteiger partial charge in [0.2, 0.25) is 0 Å². The number of nitrogens with one attached hydrogen (secondary N) is 1. The first-order chi connectivity index (χ1) is 9.40. The van der Waals surface area contributed by atoms with Crippen LogP contribution in [0.4, 0.5) is 5.69 Å². The molecule has 0 radical (unpaired) electrons. The van der Waals surface area contributed by atoms with Crippen molar-refractivity contribution in [3.8, 4) is 0 Å². The van der Waals surface area contributed by atoms with E-state index in [1.165, 1.54) is 42.6 Å². The van der Waals surface area contributed by atoms with Crippen molar-refractivity contribution in [3.63, 3.8) is 0 Å². The fourth-order valence-electron chi connectivity index (χ4n) is 3.07. The van der Waals surface area contributed by atoms with Gasteiger partial charge in [-0.05, 0) is 58.6 Å². The summed E-state index contributed by atoms with van der Waals surface area (Å²) >= 11 is 0. The smallest absolute Gasteiger partial charge is 0.0414 e. The summed E-state index contributed by atoms with van der Waals surface area (Å²) in [6.07, 6.45) is 3.93. The highest BCUT2D eigenvalue weighted by Gasteiger charge is 2.25. The highest BCUT2D eigenvalue weighted by Crippen LogP contribution is 2.31. The summed E-state index contributed by atoms with van der Waals surface area (Å²) in [4.78, 5) is 2.62. The number of benzene rings is 1. The third-order valence-corrected chi connectivity index (χ3v) is 4.20. The summed E-state index contributed by atoms with van der Waals surface area (Å²) in [6.45, 7) is 13.3. The van der Waals surface area contributed by atoms with Gasteiger partial charge in [-0.15, -0.1) is 0 Å². The lowest BCUT2D eigenvalue weighted by Gasteiger charge is -2.30. The topological polar surface area (TPSA) is 15.3 Å². The summed E-state index contributed by atoms with van der Waals surface area (Å²) in [5, 5.41) is 3.64. The minimum Gasteiger partial charge on any atom is -0.368 e. The van der Waals surface area contributed by atoms with Gasteiger partial charge in [-0.1, -0.05) is 24.6 Å². The third kappa shape index (κ3) is 3.76. The Hall–Kier alpha value is -1.02. The number of hydrogen-bond donors (Lipinski definition) is 1. The lowest BCUT2D eigenvalue weighted by Crippen LogP contribution is -2.36. The van der Waals surface area contributed by atoms with Gasteiger partial charge in [-0.3, -0.25) is 0 Å². The third-order valence-electron chi connectivity index (χ3n) is 4.20. The van der Waals surface area contributed by atoms with E-state index in [1.54, 1.807) is 0 Å². The maximum atomic E-state index is 3.64. The average Bonchev–Trinajstić information content (AvgIpc) is 2.83. The van der Waals surface area contributed by atoms with Crippen molar-refractivity contribution in [1.82, 2.24) is 5.32 Å². The second-order valence-corrected chi connectivity index (χ2v) is 7.13. The Morgan fingerprint density at radius 2 is 2.05 bits per heavy atom. The SMILES string of the molecule is CCC1CCCN1c1ccc(C)cc1CNC(C)(C)C. The molecular formula is C18H30N2. The maximum absolute atomic E-state index is 3.64. The van der Waals surface area contributed by atoms with Gasteiger partial charge < -0.3 is 10.2 Å². The largest absolute Gasteiger partial charge is 0.368 e. The van der Waals surface area contributed by atoms with Gasteiger partial charge in [-0.25, -0.2) is 0 Å². The first-order valence-corrected chi connectivity index (χ1v) is 8.02. The molecule has 2 heteroatoms. The zero-order valence-corrected chi connectivity index (χ0v) is 13.8. The van der Waals surface area contributed by atoms with E-state index in [1.807, 2.05) is 0 Å².